The molecule has 0 spiro atoms. The van der Waals surface area contributed by atoms with Crippen LogP contribution in [0.5, 0.6) is 0 Å². The third kappa shape index (κ3) is 4.48. The fourth-order valence-electron chi connectivity index (χ4n) is 3.34. The third-order valence-corrected chi connectivity index (χ3v) is 5.89. The van der Waals surface area contributed by atoms with Crippen molar-refractivity contribution < 1.29 is 9.59 Å². The Bertz CT molecular complexity index is 947. The van der Waals surface area contributed by atoms with Gasteiger partial charge in [-0.3, -0.25) is 14.3 Å². The Morgan fingerprint density at radius 1 is 1.14 bits per heavy atom. The summed E-state index contributed by atoms with van der Waals surface area (Å²) < 4.78 is 1.85. The Morgan fingerprint density at radius 3 is 2.79 bits per heavy atom. The molecule has 144 valence electrons. The summed E-state index contributed by atoms with van der Waals surface area (Å²) in [4.78, 5) is 27.9. The molecule has 3 aromatic rings. The normalized spacial score (nSPS) is 13.2. The number of thiophene rings is 1. The Morgan fingerprint density at radius 2 is 2.00 bits per heavy atom. The number of carbonyl (C=O) groups excluding carboxylic acids is 2. The summed E-state index contributed by atoms with van der Waals surface area (Å²) >= 11 is 1.75. The van der Waals surface area contributed by atoms with Crippen LogP contribution in [0, 0.1) is 0 Å². The number of hydrogen-bond acceptors (Lipinski definition) is 4. The van der Waals surface area contributed by atoms with Crippen LogP contribution in [0.4, 0.5) is 5.69 Å². The van der Waals surface area contributed by atoms with Gasteiger partial charge in [-0.25, -0.2) is 0 Å². The lowest BCUT2D eigenvalue weighted by Crippen LogP contribution is -2.35. The number of nitrogens with zero attached hydrogens (tertiary/aromatic N) is 3. The van der Waals surface area contributed by atoms with Crippen LogP contribution in [0.3, 0.4) is 0 Å². The number of amides is 2. The van der Waals surface area contributed by atoms with Crippen molar-refractivity contribution in [3.8, 4) is 0 Å². The van der Waals surface area contributed by atoms with E-state index < -0.39 is 0 Å². The highest BCUT2D eigenvalue weighted by Gasteiger charge is 2.21. The summed E-state index contributed by atoms with van der Waals surface area (Å²) in [5, 5.41) is 9.13. The molecule has 0 atom stereocenters. The predicted octanol–water partition coefficient (Wildman–Crippen LogP) is 3.30. The van der Waals surface area contributed by atoms with Crippen molar-refractivity contribution in [2.45, 2.75) is 32.4 Å². The van der Waals surface area contributed by atoms with E-state index in [2.05, 4.69) is 21.9 Å². The van der Waals surface area contributed by atoms with Crippen LogP contribution < -0.4 is 5.32 Å². The van der Waals surface area contributed by atoms with Crippen molar-refractivity contribution in [1.82, 2.24) is 14.7 Å². The first kappa shape index (κ1) is 18.4. The maximum atomic E-state index is 12.4. The lowest BCUT2D eigenvalue weighted by molar-refractivity contribution is -0.133. The Labute approximate surface area is 167 Å². The van der Waals surface area contributed by atoms with Crippen LogP contribution in [0.25, 0.3) is 0 Å². The number of fused-ring (bicyclic) bond motifs is 1. The molecular formula is C21H22N4O2S. The summed E-state index contributed by atoms with van der Waals surface area (Å²) in [6.45, 7) is 2.10. The molecule has 2 aromatic heterocycles. The fourth-order valence-corrected chi connectivity index (χ4v) is 4.23. The molecule has 2 amide bonds. The van der Waals surface area contributed by atoms with Gasteiger partial charge in [0.05, 0.1) is 6.54 Å². The van der Waals surface area contributed by atoms with Crippen LogP contribution in [-0.2, 0) is 29.1 Å². The van der Waals surface area contributed by atoms with E-state index in [4.69, 9.17) is 0 Å². The SMILES string of the molecule is O=C(CCC(=O)N1CCc2sccc2C1)Nc1ccc(Cn2cccn2)cc1. The van der Waals surface area contributed by atoms with Crippen molar-refractivity contribution in [1.29, 1.82) is 0 Å². The summed E-state index contributed by atoms with van der Waals surface area (Å²) in [6.07, 6.45) is 5.01. The average Bonchev–Trinajstić information content (AvgIpc) is 3.38. The van der Waals surface area contributed by atoms with Gasteiger partial charge < -0.3 is 10.2 Å². The molecule has 0 unspecified atom stereocenters. The smallest absolute Gasteiger partial charge is 0.224 e. The number of anilines is 1. The second-order valence-electron chi connectivity index (χ2n) is 6.88. The second kappa shape index (κ2) is 8.39. The van der Waals surface area contributed by atoms with E-state index in [1.54, 1.807) is 17.5 Å². The third-order valence-electron chi connectivity index (χ3n) is 4.87. The van der Waals surface area contributed by atoms with E-state index in [0.717, 1.165) is 24.2 Å². The van der Waals surface area contributed by atoms with Crippen LogP contribution in [0.2, 0.25) is 0 Å². The molecule has 7 heteroatoms. The van der Waals surface area contributed by atoms with Crippen LogP contribution in [0.15, 0.2) is 54.2 Å². The van der Waals surface area contributed by atoms with Gasteiger partial charge in [0.2, 0.25) is 11.8 Å². The molecule has 0 fully saturated rings. The maximum absolute atomic E-state index is 12.4. The van der Waals surface area contributed by atoms with Gasteiger partial charge in [-0.15, -0.1) is 11.3 Å². The molecular weight excluding hydrogens is 372 g/mol. The van der Waals surface area contributed by atoms with Gasteiger partial charge in [-0.1, -0.05) is 12.1 Å². The minimum atomic E-state index is -0.138. The monoisotopic (exact) mass is 394 g/mol. The van der Waals surface area contributed by atoms with E-state index in [9.17, 15) is 9.59 Å². The number of carbonyl (C=O) groups is 2. The minimum Gasteiger partial charge on any atom is -0.338 e. The number of benzene rings is 1. The van der Waals surface area contributed by atoms with Gasteiger partial charge in [-0.2, -0.15) is 5.10 Å². The topological polar surface area (TPSA) is 67.2 Å². The van der Waals surface area contributed by atoms with Gasteiger partial charge in [0, 0.05) is 48.9 Å². The van der Waals surface area contributed by atoms with Crippen LogP contribution in [0.1, 0.15) is 28.8 Å². The maximum Gasteiger partial charge on any atom is 0.224 e. The molecule has 6 nitrogen and oxygen atoms in total. The van der Waals surface area contributed by atoms with Crippen molar-refractivity contribution in [2.75, 3.05) is 11.9 Å². The summed E-state index contributed by atoms with van der Waals surface area (Å²) in [5.74, 6) is -0.0945. The first-order chi connectivity index (χ1) is 13.7. The number of rotatable bonds is 6. The van der Waals surface area contributed by atoms with E-state index in [1.807, 2.05) is 46.1 Å². The molecule has 1 aliphatic heterocycles. The molecule has 3 heterocycles. The number of hydrogen-bond donors (Lipinski definition) is 1. The van der Waals surface area contributed by atoms with Gasteiger partial charge in [-0.05, 0) is 47.2 Å². The highest BCUT2D eigenvalue weighted by atomic mass is 32.1. The van der Waals surface area contributed by atoms with E-state index in [0.29, 0.717) is 13.1 Å². The molecule has 0 radical (unpaired) electrons. The summed E-state index contributed by atoms with van der Waals surface area (Å²) in [6, 6.07) is 11.7. The Kier molecular flexibility index (Phi) is 5.53. The predicted molar refractivity (Wildman–Crippen MR) is 109 cm³/mol. The first-order valence-corrected chi connectivity index (χ1v) is 10.2. The molecule has 0 saturated carbocycles. The van der Waals surface area contributed by atoms with E-state index >= 15 is 0 Å². The standard InChI is InChI=1S/C21H22N4O2S/c26-20(6-7-21(27)24-12-8-19-17(15-24)9-13-28-19)23-18-4-2-16(3-5-18)14-25-11-1-10-22-25/h1-5,9-11,13H,6-8,12,14-15H2,(H,23,26). The fraction of sp³-hybridized carbons (Fsp3) is 0.286. The minimum absolute atomic E-state index is 0.0431. The van der Waals surface area contributed by atoms with Gasteiger partial charge in [0.1, 0.15) is 0 Å². The molecule has 1 aliphatic rings. The molecule has 28 heavy (non-hydrogen) atoms. The van der Waals surface area contributed by atoms with Crippen molar-refractivity contribution in [3.05, 3.63) is 70.2 Å². The van der Waals surface area contributed by atoms with Crippen LogP contribution in [-0.4, -0.2) is 33.0 Å². The van der Waals surface area contributed by atoms with Crippen molar-refractivity contribution >= 4 is 28.8 Å². The average molecular weight is 395 g/mol. The van der Waals surface area contributed by atoms with Crippen molar-refractivity contribution in [2.24, 2.45) is 0 Å². The summed E-state index contributed by atoms with van der Waals surface area (Å²) in [7, 11) is 0. The van der Waals surface area contributed by atoms with E-state index in [1.165, 1.54) is 10.4 Å². The lowest BCUT2D eigenvalue weighted by Gasteiger charge is -2.27. The molecule has 4 rings (SSSR count). The van der Waals surface area contributed by atoms with Gasteiger partial charge in [0.15, 0.2) is 0 Å². The molecule has 0 saturated heterocycles. The number of aromatic nitrogens is 2. The summed E-state index contributed by atoms with van der Waals surface area (Å²) in [5.41, 5.74) is 3.08. The quantitative estimate of drug-likeness (QED) is 0.698. The zero-order chi connectivity index (χ0) is 19.3. The zero-order valence-corrected chi connectivity index (χ0v) is 16.3. The molecule has 0 aliphatic carbocycles. The molecule has 1 aromatic carbocycles. The van der Waals surface area contributed by atoms with Gasteiger partial charge >= 0.3 is 0 Å². The first-order valence-electron chi connectivity index (χ1n) is 9.36. The lowest BCUT2D eigenvalue weighted by atomic mass is 10.1. The number of nitrogens with one attached hydrogen (secondary N) is 1. The Hall–Kier alpha value is -2.93. The van der Waals surface area contributed by atoms with Crippen LogP contribution >= 0.6 is 11.3 Å². The van der Waals surface area contributed by atoms with E-state index in [-0.39, 0.29) is 24.7 Å². The largest absolute Gasteiger partial charge is 0.338 e. The Balaban J connectivity index is 1.23. The highest BCUT2D eigenvalue weighted by Crippen LogP contribution is 2.24. The van der Waals surface area contributed by atoms with Gasteiger partial charge in [0.25, 0.3) is 0 Å². The second-order valence-corrected chi connectivity index (χ2v) is 7.88. The van der Waals surface area contributed by atoms with Crippen molar-refractivity contribution in [3.63, 3.8) is 0 Å². The highest BCUT2D eigenvalue weighted by molar-refractivity contribution is 7.10. The zero-order valence-electron chi connectivity index (χ0n) is 15.5. The molecule has 1 N–H and O–H groups in total. The molecule has 0 bridgehead atoms.